The zero-order chi connectivity index (χ0) is 19.1. The molecule has 0 aromatic heterocycles. The molecule has 1 N–H and O–H groups in total. The van der Waals surface area contributed by atoms with Gasteiger partial charge in [-0.25, -0.2) is 17.6 Å². The van der Waals surface area contributed by atoms with Crippen molar-refractivity contribution in [3.8, 4) is 0 Å². The molecule has 1 aliphatic heterocycles. The van der Waals surface area contributed by atoms with E-state index in [0.29, 0.717) is 0 Å². The summed E-state index contributed by atoms with van der Waals surface area (Å²) in [6, 6.07) is 2.22. The molecule has 1 saturated heterocycles. The highest BCUT2D eigenvalue weighted by atomic mass is 35.5. The number of nitrogens with one attached hydrogen (secondary N) is 1. The highest BCUT2D eigenvalue weighted by Gasteiger charge is 2.46. The Balaban J connectivity index is 1.62. The van der Waals surface area contributed by atoms with Crippen molar-refractivity contribution in [3.63, 3.8) is 0 Å². The molecule has 1 aromatic carbocycles. The lowest BCUT2D eigenvalue weighted by atomic mass is 10.1. The van der Waals surface area contributed by atoms with Crippen LogP contribution in [-0.4, -0.2) is 47.9 Å². The van der Waals surface area contributed by atoms with E-state index in [1.54, 1.807) is 0 Å². The molecule has 0 spiro atoms. The van der Waals surface area contributed by atoms with Gasteiger partial charge in [0.05, 0.1) is 23.2 Å². The molecule has 2 aliphatic rings. The molecule has 1 aliphatic carbocycles. The smallest absolute Gasteiger partial charge is 0.253 e. The Morgan fingerprint density at radius 2 is 2.00 bits per heavy atom. The summed E-state index contributed by atoms with van der Waals surface area (Å²) in [6.07, 6.45) is -2.33. The maximum atomic E-state index is 14.2. The average molecular weight is 393 g/mol. The van der Waals surface area contributed by atoms with Crippen molar-refractivity contribution >= 4 is 23.4 Å². The predicted octanol–water partition coefficient (Wildman–Crippen LogP) is 3.19. The first kappa shape index (κ1) is 18.9. The van der Waals surface area contributed by atoms with Crippen LogP contribution in [0.4, 0.5) is 17.6 Å². The van der Waals surface area contributed by atoms with Crippen LogP contribution >= 0.6 is 11.6 Å². The van der Waals surface area contributed by atoms with Crippen LogP contribution in [0.5, 0.6) is 0 Å². The molecule has 1 heterocycles. The van der Waals surface area contributed by atoms with E-state index in [1.165, 1.54) is 11.0 Å². The highest BCUT2D eigenvalue weighted by molar-refractivity contribution is 6.33. The number of amides is 2. The van der Waals surface area contributed by atoms with Gasteiger partial charge in [-0.15, -0.1) is 0 Å². The van der Waals surface area contributed by atoms with Gasteiger partial charge in [-0.2, -0.15) is 0 Å². The molecule has 1 unspecified atom stereocenters. The minimum atomic E-state index is -2.86. The molecule has 2 fully saturated rings. The van der Waals surface area contributed by atoms with Crippen molar-refractivity contribution in [1.29, 1.82) is 0 Å². The Kier molecular flexibility index (Phi) is 5.14. The fourth-order valence-corrected chi connectivity index (χ4v) is 3.67. The van der Waals surface area contributed by atoms with E-state index in [9.17, 15) is 27.2 Å². The summed E-state index contributed by atoms with van der Waals surface area (Å²) in [6.45, 7) is -0.365. The summed E-state index contributed by atoms with van der Waals surface area (Å²) >= 11 is 5.81. The molecule has 2 amide bonds. The fraction of sp³-hybridized carbons (Fsp3) is 0.529. The molecule has 3 atom stereocenters. The Morgan fingerprint density at radius 3 is 2.62 bits per heavy atom. The first-order chi connectivity index (χ1) is 12.2. The number of likely N-dealkylation sites (tertiary alicyclic amines) is 1. The minimum Gasteiger partial charge on any atom is -0.344 e. The van der Waals surface area contributed by atoms with Crippen LogP contribution in [0.25, 0.3) is 0 Å². The molecular weight excluding hydrogens is 376 g/mol. The minimum absolute atomic E-state index is 0.0134. The van der Waals surface area contributed by atoms with Crippen LogP contribution < -0.4 is 5.32 Å². The maximum Gasteiger partial charge on any atom is 0.253 e. The molecule has 142 valence electrons. The second-order valence-electron chi connectivity index (χ2n) is 6.76. The third kappa shape index (κ3) is 3.95. The Bertz CT molecular complexity index is 731. The van der Waals surface area contributed by atoms with Crippen LogP contribution in [0.2, 0.25) is 5.02 Å². The topological polar surface area (TPSA) is 49.4 Å². The van der Waals surface area contributed by atoms with Gasteiger partial charge >= 0.3 is 0 Å². The van der Waals surface area contributed by atoms with E-state index >= 15 is 0 Å². The molecule has 3 rings (SSSR count). The molecule has 26 heavy (non-hydrogen) atoms. The largest absolute Gasteiger partial charge is 0.344 e. The number of alkyl halides is 3. The number of halogens is 5. The predicted molar refractivity (Wildman–Crippen MR) is 86.4 cm³/mol. The van der Waals surface area contributed by atoms with E-state index in [1.807, 2.05) is 0 Å². The van der Waals surface area contributed by atoms with Crippen molar-refractivity contribution in [2.24, 2.45) is 5.92 Å². The van der Waals surface area contributed by atoms with Crippen molar-refractivity contribution < 1.29 is 27.2 Å². The van der Waals surface area contributed by atoms with Gasteiger partial charge in [0.15, 0.2) is 0 Å². The van der Waals surface area contributed by atoms with Gasteiger partial charge in [-0.05, 0) is 24.6 Å². The number of carbonyl (C=O) groups is 2. The zero-order valence-electron chi connectivity index (χ0n) is 13.7. The van der Waals surface area contributed by atoms with Gasteiger partial charge in [-0.3, -0.25) is 9.59 Å². The third-order valence-electron chi connectivity index (χ3n) is 4.81. The fourth-order valence-electron chi connectivity index (χ4n) is 3.42. The van der Waals surface area contributed by atoms with Gasteiger partial charge in [0, 0.05) is 25.3 Å². The monoisotopic (exact) mass is 392 g/mol. The summed E-state index contributed by atoms with van der Waals surface area (Å²) in [5.74, 6) is -5.49. The lowest BCUT2D eigenvalue weighted by Gasteiger charge is -2.20. The van der Waals surface area contributed by atoms with Crippen molar-refractivity contribution in [3.05, 3.63) is 34.6 Å². The van der Waals surface area contributed by atoms with E-state index in [0.717, 1.165) is 12.1 Å². The number of nitrogens with zero attached hydrogens (tertiary/aromatic N) is 1. The normalized spacial score (nSPS) is 27.6. The summed E-state index contributed by atoms with van der Waals surface area (Å²) in [5, 5.41) is 2.32. The van der Waals surface area contributed by atoms with Gasteiger partial charge in [0.2, 0.25) is 11.8 Å². The van der Waals surface area contributed by atoms with E-state index in [-0.39, 0.29) is 36.5 Å². The second-order valence-corrected chi connectivity index (χ2v) is 7.17. The van der Waals surface area contributed by atoms with E-state index < -0.39 is 48.1 Å². The maximum absolute atomic E-state index is 14.2. The van der Waals surface area contributed by atoms with E-state index in [4.69, 9.17) is 11.6 Å². The number of carbonyl (C=O) groups excluding carboxylic acids is 2. The first-order valence-electron chi connectivity index (χ1n) is 8.23. The second kappa shape index (κ2) is 7.06. The first-order valence-corrected chi connectivity index (χ1v) is 8.61. The van der Waals surface area contributed by atoms with Crippen LogP contribution in [0.1, 0.15) is 29.6 Å². The Hall–Kier alpha value is -1.83. The number of hydrogen-bond acceptors (Lipinski definition) is 2. The summed E-state index contributed by atoms with van der Waals surface area (Å²) in [4.78, 5) is 25.7. The zero-order valence-corrected chi connectivity index (χ0v) is 14.4. The molecular formula is C17H17ClF4N2O2. The highest BCUT2D eigenvalue weighted by Crippen LogP contribution is 2.40. The molecule has 0 bridgehead atoms. The molecule has 1 aromatic rings. The SMILES string of the molecule is O=C(N[C@@H]1CN(C(=O)C2CCC(F)(F)C2)C[C@@H]1F)c1ccc(F)cc1Cl. The van der Waals surface area contributed by atoms with Gasteiger partial charge in [0.25, 0.3) is 5.91 Å². The van der Waals surface area contributed by atoms with Crippen LogP contribution in [0.3, 0.4) is 0 Å². The van der Waals surface area contributed by atoms with Gasteiger partial charge in [0.1, 0.15) is 12.0 Å². The molecule has 0 radical (unpaired) electrons. The molecule has 4 nitrogen and oxygen atoms in total. The van der Waals surface area contributed by atoms with Crippen molar-refractivity contribution in [2.45, 2.75) is 37.4 Å². The quantitative estimate of drug-likeness (QED) is 0.803. The summed E-state index contributed by atoms with van der Waals surface area (Å²) in [5.41, 5.74) is -0.0134. The van der Waals surface area contributed by atoms with E-state index in [2.05, 4.69) is 5.32 Å². The van der Waals surface area contributed by atoms with Crippen LogP contribution in [-0.2, 0) is 4.79 Å². The van der Waals surface area contributed by atoms with Crippen molar-refractivity contribution in [1.82, 2.24) is 10.2 Å². The third-order valence-corrected chi connectivity index (χ3v) is 5.12. The lowest BCUT2D eigenvalue weighted by Crippen LogP contribution is -2.42. The number of rotatable bonds is 3. The van der Waals surface area contributed by atoms with Crippen molar-refractivity contribution in [2.75, 3.05) is 13.1 Å². The van der Waals surface area contributed by atoms with Gasteiger partial charge < -0.3 is 10.2 Å². The van der Waals surface area contributed by atoms with Crippen LogP contribution in [0, 0.1) is 11.7 Å². The summed E-state index contributed by atoms with van der Waals surface area (Å²) < 4.78 is 53.8. The molecule has 1 saturated carbocycles. The lowest BCUT2D eigenvalue weighted by molar-refractivity contribution is -0.135. The van der Waals surface area contributed by atoms with Gasteiger partial charge in [-0.1, -0.05) is 11.6 Å². The molecule has 9 heteroatoms. The Labute approximate surface area is 152 Å². The number of hydrogen-bond donors (Lipinski definition) is 1. The van der Waals surface area contributed by atoms with Crippen LogP contribution in [0.15, 0.2) is 18.2 Å². The standard InChI is InChI=1S/C17H17ClF4N2O2/c18-12-5-10(19)1-2-11(12)15(25)23-14-8-24(7-13(14)20)16(26)9-3-4-17(21,22)6-9/h1-2,5,9,13-14H,3-4,6-8H2,(H,23,25)/t9?,13-,14+/m0/s1. The summed E-state index contributed by atoms with van der Waals surface area (Å²) in [7, 11) is 0. The average Bonchev–Trinajstić information content (AvgIpc) is 3.09. The number of benzene rings is 1. The Morgan fingerprint density at radius 1 is 1.27 bits per heavy atom.